The van der Waals surface area contributed by atoms with E-state index in [9.17, 15) is 17.6 Å². The van der Waals surface area contributed by atoms with Gasteiger partial charge >= 0.3 is 0 Å². The maximum absolute atomic E-state index is 12.9. The number of hydrogen-bond donors (Lipinski definition) is 0. The largest absolute Gasteiger partial charge is 0.207 e. The highest BCUT2D eigenvalue weighted by atomic mass is 19.1. The van der Waals surface area contributed by atoms with Gasteiger partial charge in [0.1, 0.15) is 23.3 Å². The van der Waals surface area contributed by atoms with E-state index in [0.29, 0.717) is 0 Å². The second-order valence-corrected chi connectivity index (χ2v) is 3.74. The molecule has 0 atom stereocenters. The van der Waals surface area contributed by atoms with Crippen LogP contribution in [0.5, 0.6) is 0 Å². The Labute approximate surface area is 101 Å². The summed E-state index contributed by atoms with van der Waals surface area (Å²) in [6.45, 7) is 0. The lowest BCUT2D eigenvalue weighted by Crippen LogP contribution is -1.83. The molecule has 0 unspecified atom stereocenters. The Hall–Kier alpha value is -2.10. The van der Waals surface area contributed by atoms with Gasteiger partial charge < -0.3 is 0 Å². The zero-order chi connectivity index (χ0) is 13.1. The van der Waals surface area contributed by atoms with E-state index < -0.39 is 23.3 Å². The molecule has 0 aliphatic carbocycles. The van der Waals surface area contributed by atoms with Crippen molar-refractivity contribution in [3.8, 4) is 0 Å². The zero-order valence-electron chi connectivity index (χ0n) is 9.13. The summed E-state index contributed by atoms with van der Waals surface area (Å²) in [5, 5.41) is 0. The lowest BCUT2D eigenvalue weighted by atomic mass is 10.1. The maximum atomic E-state index is 12.9. The van der Waals surface area contributed by atoms with Crippen molar-refractivity contribution in [1.82, 2.24) is 0 Å². The second-order valence-electron chi connectivity index (χ2n) is 3.74. The van der Waals surface area contributed by atoms with E-state index in [0.717, 1.165) is 36.4 Å². The molecule has 0 nitrogen and oxygen atoms in total. The van der Waals surface area contributed by atoms with E-state index in [2.05, 4.69) is 0 Å². The first kappa shape index (κ1) is 12.4. The normalized spacial score (nSPS) is 11.1. The summed E-state index contributed by atoms with van der Waals surface area (Å²) in [5.41, 5.74) is 0.550. The summed E-state index contributed by atoms with van der Waals surface area (Å²) >= 11 is 0. The first-order valence-electron chi connectivity index (χ1n) is 5.13. The van der Waals surface area contributed by atoms with Crippen LogP contribution in [0, 0.1) is 23.3 Å². The van der Waals surface area contributed by atoms with Gasteiger partial charge in [-0.05, 0) is 35.4 Å². The molecule has 0 amide bonds. The Morgan fingerprint density at radius 1 is 0.500 bits per heavy atom. The third-order valence-corrected chi connectivity index (χ3v) is 2.24. The molecule has 4 heteroatoms. The van der Waals surface area contributed by atoms with Gasteiger partial charge in [0.15, 0.2) is 0 Å². The van der Waals surface area contributed by atoms with Crippen molar-refractivity contribution in [2.45, 2.75) is 0 Å². The monoisotopic (exact) mass is 252 g/mol. The van der Waals surface area contributed by atoms with Crippen LogP contribution in [-0.4, -0.2) is 0 Å². The van der Waals surface area contributed by atoms with Crippen molar-refractivity contribution in [2.24, 2.45) is 0 Å². The molecule has 0 aliphatic heterocycles. The molecule has 0 radical (unpaired) electrons. The molecular formula is C14H8F4. The number of rotatable bonds is 2. The Bertz CT molecular complexity index is 509. The Morgan fingerprint density at radius 3 is 1.06 bits per heavy atom. The van der Waals surface area contributed by atoms with Crippen molar-refractivity contribution < 1.29 is 17.6 Å². The Morgan fingerprint density at radius 2 is 0.778 bits per heavy atom. The number of halogens is 4. The van der Waals surface area contributed by atoms with E-state index in [1.165, 1.54) is 12.2 Å². The molecule has 0 N–H and O–H groups in total. The van der Waals surface area contributed by atoms with E-state index in [1.54, 1.807) is 0 Å². The van der Waals surface area contributed by atoms with Crippen molar-refractivity contribution in [1.29, 1.82) is 0 Å². The molecule has 92 valence electrons. The summed E-state index contributed by atoms with van der Waals surface area (Å²) in [6, 6.07) is 5.98. The minimum absolute atomic E-state index is 0.275. The summed E-state index contributed by atoms with van der Waals surface area (Å²) in [4.78, 5) is 0. The predicted octanol–water partition coefficient (Wildman–Crippen LogP) is 4.41. The van der Waals surface area contributed by atoms with E-state index in [-0.39, 0.29) is 11.1 Å². The maximum Gasteiger partial charge on any atom is 0.126 e. The minimum Gasteiger partial charge on any atom is -0.207 e. The molecule has 0 heterocycles. The van der Waals surface area contributed by atoms with Crippen LogP contribution in [0.1, 0.15) is 11.1 Å². The fourth-order valence-electron chi connectivity index (χ4n) is 1.54. The van der Waals surface area contributed by atoms with Crippen LogP contribution in [0.3, 0.4) is 0 Å². The summed E-state index contributed by atoms with van der Waals surface area (Å²) < 4.78 is 51.6. The van der Waals surface area contributed by atoms with Crippen LogP contribution < -0.4 is 0 Å². The van der Waals surface area contributed by atoms with Gasteiger partial charge in [-0.3, -0.25) is 0 Å². The average Bonchev–Trinajstić information content (AvgIpc) is 2.23. The molecule has 2 aromatic rings. The molecule has 0 aliphatic rings. The van der Waals surface area contributed by atoms with Crippen molar-refractivity contribution >= 4 is 12.2 Å². The van der Waals surface area contributed by atoms with Crippen LogP contribution in [0.4, 0.5) is 17.6 Å². The molecular weight excluding hydrogens is 244 g/mol. The van der Waals surface area contributed by atoms with Gasteiger partial charge in [0.05, 0.1) is 0 Å². The average molecular weight is 252 g/mol. The van der Waals surface area contributed by atoms with Crippen LogP contribution in [-0.2, 0) is 0 Å². The Kier molecular flexibility index (Phi) is 3.46. The highest BCUT2D eigenvalue weighted by Gasteiger charge is 1.99. The van der Waals surface area contributed by atoms with Gasteiger partial charge in [-0.15, -0.1) is 0 Å². The SMILES string of the molecule is Fc1cc(F)cc(/C=C\c2cc(F)cc(F)c2)c1. The molecule has 0 aromatic heterocycles. The lowest BCUT2D eigenvalue weighted by molar-refractivity contribution is 0.581. The minimum atomic E-state index is -0.708. The van der Waals surface area contributed by atoms with Gasteiger partial charge in [-0.25, -0.2) is 17.6 Å². The second kappa shape index (κ2) is 5.04. The Balaban J connectivity index is 2.29. The van der Waals surface area contributed by atoms with Gasteiger partial charge in [0.2, 0.25) is 0 Å². The molecule has 0 bridgehead atoms. The number of hydrogen-bond acceptors (Lipinski definition) is 0. The topological polar surface area (TPSA) is 0 Å². The van der Waals surface area contributed by atoms with E-state index in [4.69, 9.17) is 0 Å². The fourth-order valence-corrected chi connectivity index (χ4v) is 1.54. The van der Waals surface area contributed by atoms with E-state index in [1.807, 2.05) is 0 Å². The molecule has 18 heavy (non-hydrogen) atoms. The standard InChI is InChI=1S/C14H8F4/c15-11-3-9(4-12(16)7-11)1-2-10-5-13(17)8-14(18)6-10/h1-8H/b2-1-. The third-order valence-electron chi connectivity index (χ3n) is 2.24. The van der Waals surface area contributed by atoms with Gasteiger partial charge in [0, 0.05) is 12.1 Å². The highest BCUT2D eigenvalue weighted by Crippen LogP contribution is 2.14. The number of benzene rings is 2. The van der Waals surface area contributed by atoms with Crippen LogP contribution in [0.25, 0.3) is 12.2 Å². The first-order valence-corrected chi connectivity index (χ1v) is 5.13. The van der Waals surface area contributed by atoms with Crippen LogP contribution >= 0.6 is 0 Å². The van der Waals surface area contributed by atoms with Crippen molar-refractivity contribution in [3.63, 3.8) is 0 Å². The summed E-state index contributed by atoms with van der Waals surface area (Å²) in [7, 11) is 0. The van der Waals surface area contributed by atoms with Crippen molar-refractivity contribution in [3.05, 3.63) is 70.8 Å². The highest BCUT2D eigenvalue weighted by molar-refractivity contribution is 5.69. The predicted molar refractivity (Wildman–Crippen MR) is 61.6 cm³/mol. The molecule has 0 saturated heterocycles. The van der Waals surface area contributed by atoms with Crippen molar-refractivity contribution in [2.75, 3.05) is 0 Å². The molecule has 0 fully saturated rings. The third kappa shape index (κ3) is 3.20. The molecule has 2 rings (SSSR count). The van der Waals surface area contributed by atoms with Crippen LogP contribution in [0.15, 0.2) is 36.4 Å². The fraction of sp³-hybridized carbons (Fsp3) is 0. The summed E-state index contributed by atoms with van der Waals surface area (Å²) in [5.74, 6) is -2.83. The zero-order valence-corrected chi connectivity index (χ0v) is 9.13. The molecule has 0 saturated carbocycles. The van der Waals surface area contributed by atoms with E-state index >= 15 is 0 Å². The van der Waals surface area contributed by atoms with Gasteiger partial charge in [-0.1, -0.05) is 12.2 Å². The van der Waals surface area contributed by atoms with Gasteiger partial charge in [0.25, 0.3) is 0 Å². The summed E-state index contributed by atoms with van der Waals surface area (Å²) in [6.07, 6.45) is 2.75. The first-order chi connectivity index (χ1) is 8.52. The lowest BCUT2D eigenvalue weighted by Gasteiger charge is -1.97. The van der Waals surface area contributed by atoms with Gasteiger partial charge in [-0.2, -0.15) is 0 Å². The smallest absolute Gasteiger partial charge is 0.126 e. The molecule has 2 aromatic carbocycles. The quantitative estimate of drug-likeness (QED) is 0.548. The van der Waals surface area contributed by atoms with Crippen LogP contribution in [0.2, 0.25) is 0 Å². The molecule has 0 spiro atoms.